The molecule has 1 amide bonds. The summed E-state index contributed by atoms with van der Waals surface area (Å²) in [6.45, 7) is 7.88. The Kier molecular flexibility index (Phi) is 3.99. The zero-order valence-electron chi connectivity index (χ0n) is 9.95. The van der Waals surface area contributed by atoms with Crippen molar-refractivity contribution in [2.45, 2.75) is 25.7 Å². The SMILES string of the molecule is C=CCCC(=O)N1CC[C@@H]2CNC[C@@H]2CC1. The van der Waals surface area contributed by atoms with Crippen molar-refractivity contribution in [1.82, 2.24) is 10.2 Å². The van der Waals surface area contributed by atoms with Gasteiger partial charge in [0, 0.05) is 19.5 Å². The number of fused-ring (bicyclic) bond motifs is 1. The van der Waals surface area contributed by atoms with Crippen LogP contribution in [0.15, 0.2) is 12.7 Å². The van der Waals surface area contributed by atoms with Crippen LogP contribution in [-0.4, -0.2) is 37.0 Å². The fourth-order valence-electron chi connectivity index (χ4n) is 2.85. The Labute approximate surface area is 97.9 Å². The highest BCUT2D eigenvalue weighted by atomic mass is 16.2. The lowest BCUT2D eigenvalue weighted by atomic mass is 9.92. The van der Waals surface area contributed by atoms with E-state index >= 15 is 0 Å². The Balaban J connectivity index is 1.84. The molecule has 0 bridgehead atoms. The first-order chi connectivity index (χ1) is 7.81. The maximum atomic E-state index is 11.9. The second-order valence-corrected chi connectivity index (χ2v) is 4.96. The van der Waals surface area contributed by atoms with Crippen LogP contribution in [0.2, 0.25) is 0 Å². The van der Waals surface area contributed by atoms with E-state index < -0.39 is 0 Å². The molecule has 2 rings (SSSR count). The van der Waals surface area contributed by atoms with E-state index in [4.69, 9.17) is 0 Å². The lowest BCUT2D eigenvalue weighted by molar-refractivity contribution is -0.131. The predicted octanol–water partition coefficient (Wildman–Crippen LogP) is 1.41. The van der Waals surface area contributed by atoms with Crippen molar-refractivity contribution in [3.63, 3.8) is 0 Å². The van der Waals surface area contributed by atoms with Gasteiger partial charge in [0.2, 0.25) is 5.91 Å². The summed E-state index contributed by atoms with van der Waals surface area (Å²) in [6.07, 6.45) is 5.63. The van der Waals surface area contributed by atoms with Crippen LogP contribution in [0.3, 0.4) is 0 Å². The molecule has 1 N–H and O–H groups in total. The molecule has 0 aromatic heterocycles. The van der Waals surface area contributed by atoms with Crippen molar-refractivity contribution >= 4 is 5.91 Å². The summed E-state index contributed by atoms with van der Waals surface area (Å²) in [5.41, 5.74) is 0. The second kappa shape index (κ2) is 5.48. The van der Waals surface area contributed by atoms with Crippen LogP contribution in [0.5, 0.6) is 0 Å². The molecule has 0 aliphatic carbocycles. The topological polar surface area (TPSA) is 32.3 Å². The fraction of sp³-hybridized carbons (Fsp3) is 0.769. The third kappa shape index (κ3) is 2.64. The monoisotopic (exact) mass is 222 g/mol. The highest BCUT2D eigenvalue weighted by molar-refractivity contribution is 5.76. The van der Waals surface area contributed by atoms with E-state index in [2.05, 4.69) is 16.8 Å². The molecule has 2 aliphatic rings. The van der Waals surface area contributed by atoms with E-state index in [0.717, 1.165) is 44.4 Å². The van der Waals surface area contributed by atoms with Gasteiger partial charge in [-0.05, 0) is 44.2 Å². The van der Waals surface area contributed by atoms with Gasteiger partial charge in [-0.25, -0.2) is 0 Å². The first kappa shape index (κ1) is 11.6. The number of likely N-dealkylation sites (tertiary alicyclic amines) is 1. The van der Waals surface area contributed by atoms with E-state index in [1.165, 1.54) is 12.8 Å². The molecule has 0 unspecified atom stereocenters. The summed E-state index contributed by atoms with van der Waals surface area (Å²) < 4.78 is 0. The third-order valence-electron chi connectivity index (χ3n) is 3.93. The standard InChI is InChI=1S/C13H22N2O/c1-2-3-4-13(16)15-7-5-11-9-14-10-12(11)6-8-15/h2,11-12,14H,1,3-10H2/t11-,12+. The number of rotatable bonds is 3. The van der Waals surface area contributed by atoms with Gasteiger partial charge in [-0.2, -0.15) is 0 Å². The van der Waals surface area contributed by atoms with Crippen LogP contribution in [0, 0.1) is 11.8 Å². The molecule has 2 atom stereocenters. The molecule has 0 saturated carbocycles. The molecule has 2 aliphatic heterocycles. The van der Waals surface area contributed by atoms with E-state index in [0.29, 0.717) is 12.3 Å². The highest BCUT2D eigenvalue weighted by Crippen LogP contribution is 2.27. The van der Waals surface area contributed by atoms with Crippen molar-refractivity contribution in [2.24, 2.45) is 11.8 Å². The number of amides is 1. The Morgan fingerprint density at radius 1 is 1.31 bits per heavy atom. The number of carbonyl (C=O) groups excluding carboxylic acids is 1. The van der Waals surface area contributed by atoms with Crippen molar-refractivity contribution in [3.8, 4) is 0 Å². The van der Waals surface area contributed by atoms with E-state index in [1.807, 2.05) is 6.08 Å². The Hall–Kier alpha value is -0.830. The van der Waals surface area contributed by atoms with Gasteiger partial charge in [0.25, 0.3) is 0 Å². The van der Waals surface area contributed by atoms with E-state index in [9.17, 15) is 4.79 Å². The first-order valence-corrected chi connectivity index (χ1v) is 6.40. The molecule has 3 heteroatoms. The first-order valence-electron chi connectivity index (χ1n) is 6.40. The largest absolute Gasteiger partial charge is 0.343 e. The Morgan fingerprint density at radius 2 is 1.94 bits per heavy atom. The van der Waals surface area contributed by atoms with Crippen molar-refractivity contribution in [3.05, 3.63) is 12.7 Å². The Bertz CT molecular complexity index is 251. The summed E-state index contributed by atoms with van der Waals surface area (Å²) in [5.74, 6) is 1.92. The van der Waals surface area contributed by atoms with E-state index in [1.54, 1.807) is 0 Å². The molecule has 2 heterocycles. The zero-order chi connectivity index (χ0) is 11.4. The second-order valence-electron chi connectivity index (χ2n) is 4.96. The third-order valence-corrected chi connectivity index (χ3v) is 3.93. The molecular formula is C13H22N2O. The minimum atomic E-state index is 0.313. The van der Waals surface area contributed by atoms with Gasteiger partial charge in [-0.3, -0.25) is 4.79 Å². The fourth-order valence-corrected chi connectivity index (χ4v) is 2.85. The summed E-state index contributed by atoms with van der Waals surface area (Å²) >= 11 is 0. The molecule has 2 saturated heterocycles. The van der Waals surface area contributed by atoms with Gasteiger partial charge in [0.1, 0.15) is 0 Å². The van der Waals surface area contributed by atoms with Gasteiger partial charge in [-0.1, -0.05) is 6.08 Å². The average molecular weight is 222 g/mol. The smallest absolute Gasteiger partial charge is 0.222 e. The molecule has 0 spiro atoms. The van der Waals surface area contributed by atoms with Crippen molar-refractivity contribution in [1.29, 1.82) is 0 Å². The lowest BCUT2D eigenvalue weighted by Crippen LogP contribution is -2.32. The Morgan fingerprint density at radius 3 is 2.50 bits per heavy atom. The molecule has 3 nitrogen and oxygen atoms in total. The molecule has 90 valence electrons. The summed E-state index contributed by atoms with van der Waals surface area (Å²) in [5, 5.41) is 3.45. The summed E-state index contributed by atoms with van der Waals surface area (Å²) in [4.78, 5) is 13.9. The minimum absolute atomic E-state index is 0.313. The van der Waals surface area contributed by atoms with Crippen LogP contribution in [0.4, 0.5) is 0 Å². The van der Waals surface area contributed by atoms with Crippen LogP contribution >= 0.6 is 0 Å². The average Bonchev–Trinajstić information content (AvgIpc) is 2.65. The zero-order valence-corrected chi connectivity index (χ0v) is 9.95. The molecule has 16 heavy (non-hydrogen) atoms. The summed E-state index contributed by atoms with van der Waals surface area (Å²) in [7, 11) is 0. The maximum Gasteiger partial charge on any atom is 0.222 e. The molecule has 0 aromatic carbocycles. The quantitative estimate of drug-likeness (QED) is 0.732. The van der Waals surface area contributed by atoms with Gasteiger partial charge in [0.15, 0.2) is 0 Å². The molecular weight excluding hydrogens is 200 g/mol. The van der Waals surface area contributed by atoms with Crippen molar-refractivity contribution in [2.75, 3.05) is 26.2 Å². The number of hydrogen-bond acceptors (Lipinski definition) is 2. The number of carbonyl (C=O) groups is 1. The van der Waals surface area contributed by atoms with Gasteiger partial charge < -0.3 is 10.2 Å². The van der Waals surface area contributed by atoms with Crippen LogP contribution in [-0.2, 0) is 4.79 Å². The minimum Gasteiger partial charge on any atom is -0.343 e. The van der Waals surface area contributed by atoms with Gasteiger partial charge in [0.05, 0.1) is 0 Å². The van der Waals surface area contributed by atoms with Crippen molar-refractivity contribution < 1.29 is 4.79 Å². The number of nitrogens with one attached hydrogen (secondary N) is 1. The van der Waals surface area contributed by atoms with Crippen LogP contribution in [0.25, 0.3) is 0 Å². The predicted molar refractivity (Wildman–Crippen MR) is 65.1 cm³/mol. The van der Waals surface area contributed by atoms with Crippen LogP contribution < -0.4 is 5.32 Å². The number of nitrogens with zero attached hydrogens (tertiary/aromatic N) is 1. The lowest BCUT2D eigenvalue weighted by Gasteiger charge is -2.20. The molecule has 0 aromatic rings. The van der Waals surface area contributed by atoms with Gasteiger partial charge in [-0.15, -0.1) is 6.58 Å². The normalized spacial score (nSPS) is 29.6. The van der Waals surface area contributed by atoms with Crippen LogP contribution in [0.1, 0.15) is 25.7 Å². The molecule has 0 radical (unpaired) electrons. The maximum absolute atomic E-state index is 11.9. The number of hydrogen-bond donors (Lipinski definition) is 1. The number of allylic oxidation sites excluding steroid dienone is 1. The van der Waals surface area contributed by atoms with E-state index in [-0.39, 0.29) is 0 Å². The molecule has 2 fully saturated rings. The highest BCUT2D eigenvalue weighted by Gasteiger charge is 2.31. The summed E-state index contributed by atoms with van der Waals surface area (Å²) in [6, 6.07) is 0. The van der Waals surface area contributed by atoms with Gasteiger partial charge >= 0.3 is 0 Å².